The highest BCUT2D eigenvalue weighted by Gasteiger charge is 2.19. The summed E-state index contributed by atoms with van der Waals surface area (Å²) in [7, 11) is 1.56. The monoisotopic (exact) mass is 328 g/mol. The lowest BCUT2D eigenvalue weighted by atomic mass is 10.1. The number of hydrogen-bond acceptors (Lipinski definition) is 5. The quantitative estimate of drug-likeness (QED) is 0.727. The van der Waals surface area contributed by atoms with E-state index in [2.05, 4.69) is 0 Å². The molecule has 0 atom stereocenters. The lowest BCUT2D eigenvalue weighted by Gasteiger charge is -2.11. The molecule has 0 saturated heterocycles. The average Bonchev–Trinajstić information content (AvgIpc) is 2.64. The summed E-state index contributed by atoms with van der Waals surface area (Å²) in [6.07, 6.45) is 0.714. The third-order valence-corrected chi connectivity index (χ3v) is 3.36. The molecule has 0 bridgehead atoms. The third kappa shape index (κ3) is 4.35. The Balaban J connectivity index is 2.11. The molecule has 0 spiro atoms. The van der Waals surface area contributed by atoms with Crippen LogP contribution in [0.15, 0.2) is 48.5 Å². The highest BCUT2D eigenvalue weighted by Crippen LogP contribution is 2.19. The van der Waals surface area contributed by atoms with Crippen LogP contribution in [-0.2, 0) is 16.1 Å². The molecule has 2 aromatic carbocycles. The third-order valence-electron chi connectivity index (χ3n) is 3.36. The predicted octanol–water partition coefficient (Wildman–Crippen LogP) is 3.62. The van der Waals surface area contributed by atoms with Crippen molar-refractivity contribution in [2.45, 2.75) is 20.0 Å². The summed E-state index contributed by atoms with van der Waals surface area (Å²) in [5, 5.41) is 0. The summed E-state index contributed by atoms with van der Waals surface area (Å²) < 4.78 is 15.7. The molecule has 126 valence electrons. The minimum Gasteiger partial charge on any atom is -0.496 e. The zero-order valence-electron chi connectivity index (χ0n) is 13.8. The molecule has 0 radical (unpaired) electrons. The zero-order chi connectivity index (χ0) is 17.4. The number of methoxy groups -OCH3 is 1. The van der Waals surface area contributed by atoms with Gasteiger partial charge in [0.05, 0.1) is 24.8 Å². The molecule has 0 aromatic heterocycles. The zero-order valence-corrected chi connectivity index (χ0v) is 13.8. The number of esters is 2. The second-order valence-electron chi connectivity index (χ2n) is 5.07. The van der Waals surface area contributed by atoms with Gasteiger partial charge in [0.2, 0.25) is 0 Å². The Morgan fingerprint density at radius 2 is 1.46 bits per heavy atom. The van der Waals surface area contributed by atoms with Crippen LogP contribution in [-0.4, -0.2) is 25.7 Å². The number of rotatable bonds is 7. The summed E-state index contributed by atoms with van der Waals surface area (Å²) in [4.78, 5) is 24.4. The molecule has 5 heteroatoms. The smallest absolute Gasteiger partial charge is 0.339 e. The Morgan fingerprint density at radius 3 is 2.08 bits per heavy atom. The lowest BCUT2D eigenvalue weighted by molar-refractivity contribution is 0.0437. The van der Waals surface area contributed by atoms with Gasteiger partial charge in [-0.25, -0.2) is 9.59 Å². The second kappa shape index (κ2) is 8.72. The number of hydrogen-bond donors (Lipinski definition) is 0. The number of ether oxygens (including phenoxy) is 3. The molecule has 2 rings (SSSR count). The maximum absolute atomic E-state index is 12.3. The van der Waals surface area contributed by atoms with Crippen molar-refractivity contribution in [3.8, 4) is 5.75 Å². The van der Waals surface area contributed by atoms with E-state index in [4.69, 9.17) is 14.2 Å². The topological polar surface area (TPSA) is 61.8 Å². The van der Waals surface area contributed by atoms with Crippen molar-refractivity contribution >= 4 is 11.9 Å². The molecular formula is C19H20O5. The van der Waals surface area contributed by atoms with E-state index in [1.807, 2.05) is 25.1 Å². The lowest BCUT2D eigenvalue weighted by Crippen LogP contribution is -2.14. The summed E-state index contributed by atoms with van der Waals surface area (Å²) >= 11 is 0. The van der Waals surface area contributed by atoms with E-state index in [1.54, 1.807) is 37.4 Å². The Kier molecular flexibility index (Phi) is 6.37. The Morgan fingerprint density at radius 1 is 0.875 bits per heavy atom. The van der Waals surface area contributed by atoms with Crippen LogP contribution >= 0.6 is 0 Å². The van der Waals surface area contributed by atoms with Crippen LogP contribution in [0.5, 0.6) is 5.75 Å². The van der Waals surface area contributed by atoms with E-state index in [9.17, 15) is 9.59 Å². The molecule has 0 fully saturated rings. The fraction of sp³-hybridized carbons (Fsp3) is 0.263. The molecule has 24 heavy (non-hydrogen) atoms. The van der Waals surface area contributed by atoms with Crippen LogP contribution < -0.4 is 4.74 Å². The van der Waals surface area contributed by atoms with Crippen LogP contribution in [0.2, 0.25) is 0 Å². The maximum atomic E-state index is 12.3. The van der Waals surface area contributed by atoms with Gasteiger partial charge in [0.15, 0.2) is 0 Å². The van der Waals surface area contributed by atoms with Crippen LogP contribution in [0.1, 0.15) is 39.6 Å². The van der Waals surface area contributed by atoms with Crippen molar-refractivity contribution in [3.63, 3.8) is 0 Å². The van der Waals surface area contributed by atoms with Gasteiger partial charge in [-0.1, -0.05) is 37.3 Å². The summed E-state index contributed by atoms with van der Waals surface area (Å²) in [5.41, 5.74) is 1.14. The highest BCUT2D eigenvalue weighted by molar-refractivity contribution is 6.03. The highest BCUT2D eigenvalue weighted by atomic mass is 16.5. The van der Waals surface area contributed by atoms with Crippen molar-refractivity contribution in [2.75, 3.05) is 13.7 Å². The van der Waals surface area contributed by atoms with Gasteiger partial charge in [-0.2, -0.15) is 0 Å². The molecule has 0 saturated carbocycles. The average molecular weight is 328 g/mol. The molecule has 2 aromatic rings. The van der Waals surface area contributed by atoms with Crippen molar-refractivity contribution in [1.29, 1.82) is 0 Å². The largest absolute Gasteiger partial charge is 0.496 e. The van der Waals surface area contributed by atoms with Crippen molar-refractivity contribution in [2.24, 2.45) is 0 Å². The van der Waals surface area contributed by atoms with Gasteiger partial charge < -0.3 is 14.2 Å². The van der Waals surface area contributed by atoms with E-state index >= 15 is 0 Å². The van der Waals surface area contributed by atoms with Crippen molar-refractivity contribution in [3.05, 3.63) is 65.2 Å². The maximum Gasteiger partial charge on any atom is 0.339 e. The molecule has 0 heterocycles. The predicted molar refractivity (Wildman–Crippen MR) is 89.1 cm³/mol. The van der Waals surface area contributed by atoms with Gasteiger partial charge in [-0.3, -0.25) is 0 Å². The molecule has 0 unspecified atom stereocenters. The molecule has 0 aliphatic rings. The summed E-state index contributed by atoms with van der Waals surface area (Å²) in [6.45, 7) is 2.27. The molecule has 0 aliphatic carbocycles. The summed E-state index contributed by atoms with van der Waals surface area (Å²) in [5.74, 6) is -0.465. The van der Waals surface area contributed by atoms with E-state index in [-0.39, 0.29) is 17.7 Å². The van der Waals surface area contributed by atoms with Gasteiger partial charge >= 0.3 is 11.9 Å². The minimum absolute atomic E-state index is 0.0567. The molecule has 0 aliphatic heterocycles. The van der Waals surface area contributed by atoms with Gasteiger partial charge in [-0.05, 0) is 24.6 Å². The number of carbonyl (C=O) groups excluding carboxylic acids is 2. The number of carbonyl (C=O) groups is 2. The standard InChI is InChI=1S/C19H20O5/c1-3-12-23-18(20)15-9-5-6-10-16(15)19(21)24-13-14-8-4-7-11-17(14)22-2/h4-11H,3,12-13H2,1-2H3. The SMILES string of the molecule is CCCOC(=O)c1ccccc1C(=O)OCc1ccccc1OC. The molecule has 0 N–H and O–H groups in total. The Hall–Kier alpha value is -2.82. The first-order chi connectivity index (χ1) is 11.7. The molecular weight excluding hydrogens is 308 g/mol. The first-order valence-corrected chi connectivity index (χ1v) is 7.72. The fourth-order valence-corrected chi connectivity index (χ4v) is 2.15. The first kappa shape index (κ1) is 17.5. The summed E-state index contributed by atoms with van der Waals surface area (Å²) in [6, 6.07) is 13.7. The van der Waals surface area contributed by atoms with Gasteiger partial charge in [-0.15, -0.1) is 0 Å². The normalized spacial score (nSPS) is 10.1. The molecule has 0 amide bonds. The van der Waals surface area contributed by atoms with E-state index < -0.39 is 11.9 Å². The Bertz CT molecular complexity index is 708. The van der Waals surface area contributed by atoms with Crippen LogP contribution in [0.25, 0.3) is 0 Å². The van der Waals surface area contributed by atoms with Crippen LogP contribution in [0.3, 0.4) is 0 Å². The van der Waals surface area contributed by atoms with Crippen LogP contribution in [0, 0.1) is 0 Å². The minimum atomic E-state index is -0.579. The van der Waals surface area contributed by atoms with Crippen molar-refractivity contribution in [1.82, 2.24) is 0 Å². The second-order valence-corrected chi connectivity index (χ2v) is 5.07. The van der Waals surface area contributed by atoms with E-state index in [0.717, 1.165) is 5.56 Å². The van der Waals surface area contributed by atoms with Gasteiger partial charge in [0.1, 0.15) is 12.4 Å². The van der Waals surface area contributed by atoms with Crippen molar-refractivity contribution < 1.29 is 23.8 Å². The van der Waals surface area contributed by atoms with Gasteiger partial charge in [0.25, 0.3) is 0 Å². The first-order valence-electron chi connectivity index (χ1n) is 7.72. The Labute approximate surface area is 141 Å². The number of benzene rings is 2. The van der Waals surface area contributed by atoms with E-state index in [0.29, 0.717) is 18.8 Å². The van der Waals surface area contributed by atoms with E-state index in [1.165, 1.54) is 0 Å². The fourth-order valence-electron chi connectivity index (χ4n) is 2.15. The number of para-hydroxylation sites is 1. The molecule has 5 nitrogen and oxygen atoms in total. The van der Waals surface area contributed by atoms with Crippen LogP contribution in [0.4, 0.5) is 0 Å². The van der Waals surface area contributed by atoms with Gasteiger partial charge in [0, 0.05) is 5.56 Å².